The summed E-state index contributed by atoms with van der Waals surface area (Å²) in [5, 5.41) is 1.92. The van der Waals surface area contributed by atoms with Gasteiger partial charge in [0.15, 0.2) is 16.3 Å². The van der Waals surface area contributed by atoms with Gasteiger partial charge in [-0.3, -0.25) is 9.36 Å². The number of esters is 1. The second-order valence-electron chi connectivity index (χ2n) is 8.78. The van der Waals surface area contributed by atoms with E-state index in [1.165, 1.54) is 35.3 Å². The minimum atomic E-state index is -0.590. The molecule has 4 aromatic rings. The molecular weight excluding hydrogens is 520 g/mol. The van der Waals surface area contributed by atoms with Gasteiger partial charge in [0, 0.05) is 4.88 Å². The van der Waals surface area contributed by atoms with Gasteiger partial charge in [0.05, 0.1) is 30.0 Å². The first-order valence-electron chi connectivity index (χ1n) is 11.9. The molecule has 0 bridgehead atoms. The fourth-order valence-corrected chi connectivity index (χ4v) is 6.29. The van der Waals surface area contributed by atoms with E-state index in [9.17, 15) is 9.59 Å². The Bertz CT molecular complexity index is 1710. The molecule has 1 atom stereocenters. The van der Waals surface area contributed by atoms with Gasteiger partial charge < -0.3 is 14.2 Å². The molecule has 2 aromatic heterocycles. The molecule has 38 heavy (non-hydrogen) atoms. The van der Waals surface area contributed by atoms with Gasteiger partial charge in [0.2, 0.25) is 0 Å². The third-order valence-electron chi connectivity index (χ3n) is 6.20. The highest BCUT2D eigenvalue weighted by Crippen LogP contribution is 2.33. The van der Waals surface area contributed by atoms with Crippen LogP contribution in [0.1, 0.15) is 34.5 Å². The Morgan fingerprint density at radius 3 is 2.63 bits per heavy atom. The Kier molecular flexibility index (Phi) is 7.31. The van der Waals surface area contributed by atoms with Gasteiger partial charge in [0.1, 0.15) is 12.6 Å². The molecule has 0 saturated carbocycles. The number of thiophene rings is 1. The summed E-state index contributed by atoms with van der Waals surface area (Å²) in [6, 6.07) is 16.9. The molecule has 0 fully saturated rings. The summed E-state index contributed by atoms with van der Waals surface area (Å²) in [5.74, 6) is 0.688. The van der Waals surface area contributed by atoms with Crippen LogP contribution in [0, 0.1) is 6.92 Å². The van der Waals surface area contributed by atoms with Gasteiger partial charge >= 0.3 is 5.97 Å². The van der Waals surface area contributed by atoms with E-state index in [4.69, 9.17) is 14.2 Å². The van der Waals surface area contributed by atoms with Crippen molar-refractivity contribution in [1.29, 1.82) is 0 Å². The maximum absolute atomic E-state index is 13.7. The third kappa shape index (κ3) is 4.94. The summed E-state index contributed by atoms with van der Waals surface area (Å²) in [6.07, 6.45) is 1.80. The quantitative estimate of drug-likeness (QED) is 0.322. The van der Waals surface area contributed by atoms with Crippen molar-refractivity contribution in [1.82, 2.24) is 4.57 Å². The van der Waals surface area contributed by atoms with E-state index >= 15 is 0 Å². The Balaban J connectivity index is 1.52. The number of benzene rings is 2. The van der Waals surface area contributed by atoms with E-state index in [-0.39, 0.29) is 5.56 Å². The van der Waals surface area contributed by atoms with E-state index < -0.39 is 12.0 Å². The molecule has 194 valence electrons. The van der Waals surface area contributed by atoms with Crippen LogP contribution in [0.15, 0.2) is 81.0 Å². The number of ether oxygens (including phenoxy) is 3. The number of thiazole rings is 1. The normalized spacial score (nSPS) is 15.2. The molecule has 1 aliphatic rings. The molecule has 9 heteroatoms. The summed E-state index contributed by atoms with van der Waals surface area (Å²) in [5.41, 5.74) is 3.71. The summed E-state index contributed by atoms with van der Waals surface area (Å²) in [4.78, 5) is 32.3. The van der Waals surface area contributed by atoms with Crippen molar-refractivity contribution in [2.24, 2.45) is 4.99 Å². The van der Waals surface area contributed by atoms with Crippen LogP contribution in [0.25, 0.3) is 6.08 Å². The van der Waals surface area contributed by atoms with Gasteiger partial charge in [-0.15, -0.1) is 11.3 Å². The van der Waals surface area contributed by atoms with Crippen molar-refractivity contribution in [2.75, 3.05) is 14.2 Å². The lowest BCUT2D eigenvalue weighted by molar-refractivity contribution is -0.136. The molecular formula is C29H26N2O5S2. The number of methoxy groups -OCH3 is 2. The van der Waals surface area contributed by atoms with Crippen LogP contribution >= 0.6 is 22.7 Å². The van der Waals surface area contributed by atoms with Gasteiger partial charge in [-0.2, -0.15) is 0 Å². The number of aromatic nitrogens is 1. The van der Waals surface area contributed by atoms with Crippen LogP contribution in [0.2, 0.25) is 0 Å². The maximum atomic E-state index is 13.7. The highest BCUT2D eigenvalue weighted by Gasteiger charge is 2.33. The second kappa shape index (κ2) is 10.8. The molecule has 0 radical (unpaired) electrons. The van der Waals surface area contributed by atoms with Crippen molar-refractivity contribution in [3.8, 4) is 11.5 Å². The molecule has 1 aliphatic heterocycles. The number of hydrogen-bond donors (Lipinski definition) is 0. The Morgan fingerprint density at radius 1 is 1.08 bits per heavy atom. The molecule has 1 unspecified atom stereocenters. The van der Waals surface area contributed by atoms with Crippen molar-refractivity contribution >= 4 is 34.7 Å². The monoisotopic (exact) mass is 546 g/mol. The zero-order valence-corrected chi connectivity index (χ0v) is 23.0. The lowest BCUT2D eigenvalue weighted by atomic mass is 10.0. The first kappa shape index (κ1) is 25.7. The molecule has 0 amide bonds. The van der Waals surface area contributed by atoms with Crippen molar-refractivity contribution in [3.63, 3.8) is 0 Å². The standard InChI is InChI=1S/C29H26N2O5S2/c1-17-7-5-8-20(13-17)16-36-21-11-10-19(14-22(21)34-3)15-24-27(32)31-26(23-9-6-12-37-23)25(28(33)35-4)18(2)30-29(31)38-24/h5-15,26H,16H2,1-4H3. The predicted molar refractivity (Wildman–Crippen MR) is 149 cm³/mol. The zero-order chi connectivity index (χ0) is 26.8. The van der Waals surface area contributed by atoms with Gasteiger partial charge in [0.25, 0.3) is 5.56 Å². The van der Waals surface area contributed by atoms with Crippen LogP contribution in [-0.4, -0.2) is 24.8 Å². The van der Waals surface area contributed by atoms with Crippen LogP contribution < -0.4 is 24.4 Å². The number of fused-ring (bicyclic) bond motifs is 1. The van der Waals surface area contributed by atoms with E-state index in [0.29, 0.717) is 38.7 Å². The Morgan fingerprint density at radius 2 is 1.92 bits per heavy atom. The largest absolute Gasteiger partial charge is 0.493 e. The first-order valence-corrected chi connectivity index (χ1v) is 13.6. The average Bonchev–Trinajstić information content (AvgIpc) is 3.55. The minimum absolute atomic E-state index is 0.222. The molecule has 0 N–H and O–H groups in total. The van der Waals surface area contributed by atoms with Crippen molar-refractivity contribution < 1.29 is 19.0 Å². The Labute approximate surface area is 227 Å². The van der Waals surface area contributed by atoms with Crippen LogP contribution in [0.3, 0.4) is 0 Å². The molecule has 2 aromatic carbocycles. The first-order chi connectivity index (χ1) is 18.4. The summed E-state index contributed by atoms with van der Waals surface area (Å²) >= 11 is 2.76. The average molecular weight is 547 g/mol. The van der Waals surface area contributed by atoms with E-state index in [1.807, 2.05) is 60.8 Å². The van der Waals surface area contributed by atoms with Crippen molar-refractivity contribution in [3.05, 3.63) is 113 Å². The molecule has 0 saturated heterocycles. The zero-order valence-electron chi connectivity index (χ0n) is 21.4. The maximum Gasteiger partial charge on any atom is 0.338 e. The van der Waals surface area contributed by atoms with Gasteiger partial charge in [-0.25, -0.2) is 9.79 Å². The van der Waals surface area contributed by atoms with Crippen LogP contribution in [-0.2, 0) is 16.1 Å². The number of carbonyl (C=O) groups is 1. The smallest absolute Gasteiger partial charge is 0.338 e. The highest BCUT2D eigenvalue weighted by atomic mass is 32.1. The topological polar surface area (TPSA) is 79.1 Å². The number of nitrogens with zero attached hydrogens (tertiary/aromatic N) is 2. The number of hydrogen-bond acceptors (Lipinski definition) is 8. The summed E-state index contributed by atoms with van der Waals surface area (Å²) in [7, 11) is 2.92. The number of aryl methyl sites for hydroxylation is 1. The predicted octanol–water partition coefficient (Wildman–Crippen LogP) is 4.37. The lowest BCUT2D eigenvalue weighted by Crippen LogP contribution is -2.39. The fraction of sp³-hybridized carbons (Fsp3) is 0.207. The van der Waals surface area contributed by atoms with Gasteiger partial charge in [-0.05, 0) is 54.6 Å². The van der Waals surface area contributed by atoms with E-state index in [1.54, 1.807) is 24.7 Å². The van der Waals surface area contributed by atoms with Gasteiger partial charge in [-0.1, -0.05) is 53.3 Å². The fourth-order valence-electron chi connectivity index (χ4n) is 4.42. The highest BCUT2D eigenvalue weighted by molar-refractivity contribution is 7.10. The summed E-state index contributed by atoms with van der Waals surface area (Å²) in [6.45, 7) is 4.23. The number of rotatable bonds is 7. The third-order valence-corrected chi connectivity index (χ3v) is 8.11. The van der Waals surface area contributed by atoms with Crippen LogP contribution in [0.5, 0.6) is 11.5 Å². The molecule has 7 nitrogen and oxygen atoms in total. The Hall–Kier alpha value is -3.95. The molecule has 5 rings (SSSR count). The van der Waals surface area contributed by atoms with E-state index in [2.05, 4.69) is 11.1 Å². The van der Waals surface area contributed by atoms with E-state index in [0.717, 1.165) is 16.0 Å². The molecule has 0 aliphatic carbocycles. The summed E-state index contributed by atoms with van der Waals surface area (Å²) < 4.78 is 18.7. The SMILES string of the molecule is COC(=O)C1=C(C)N=c2sc(=Cc3ccc(OCc4cccc(C)c4)c(OC)c3)c(=O)n2C1c1cccs1. The molecule has 3 heterocycles. The molecule has 0 spiro atoms. The number of allylic oxidation sites excluding steroid dienone is 1. The minimum Gasteiger partial charge on any atom is -0.493 e. The lowest BCUT2D eigenvalue weighted by Gasteiger charge is -2.22. The van der Waals surface area contributed by atoms with Crippen LogP contribution in [0.4, 0.5) is 0 Å². The number of carbonyl (C=O) groups excluding carboxylic acids is 1. The second-order valence-corrected chi connectivity index (χ2v) is 10.8. The van der Waals surface area contributed by atoms with Crippen molar-refractivity contribution in [2.45, 2.75) is 26.5 Å².